The smallest absolute Gasteiger partial charge is 0.113 e. The van der Waals surface area contributed by atoms with E-state index in [1.807, 2.05) is 22.9 Å². The Kier molecular flexibility index (Phi) is 3.74. The van der Waals surface area contributed by atoms with E-state index in [9.17, 15) is 0 Å². The second-order valence-corrected chi connectivity index (χ2v) is 4.55. The number of nitrogens with zero attached hydrogens (tertiary/aromatic N) is 3. The zero-order valence-corrected chi connectivity index (χ0v) is 10.7. The van der Waals surface area contributed by atoms with E-state index < -0.39 is 0 Å². The van der Waals surface area contributed by atoms with Gasteiger partial charge in [0.05, 0.1) is 11.6 Å². The van der Waals surface area contributed by atoms with Crippen LogP contribution in [0.3, 0.4) is 0 Å². The fraction of sp³-hybridized carbons (Fsp3) is 0.538. The third-order valence-corrected chi connectivity index (χ3v) is 3.30. The van der Waals surface area contributed by atoms with Crippen molar-refractivity contribution in [3.8, 4) is 0 Å². The van der Waals surface area contributed by atoms with E-state index in [2.05, 4.69) is 42.5 Å². The molecule has 2 unspecified atom stereocenters. The lowest BCUT2D eigenvalue weighted by Crippen LogP contribution is -2.27. The van der Waals surface area contributed by atoms with Gasteiger partial charge in [-0.1, -0.05) is 31.2 Å². The van der Waals surface area contributed by atoms with E-state index in [1.165, 1.54) is 0 Å². The first-order valence-corrected chi connectivity index (χ1v) is 6.24. The molecule has 2 atom stereocenters. The van der Waals surface area contributed by atoms with Crippen LogP contribution in [0.2, 0.25) is 0 Å². The predicted molar refractivity (Wildman–Crippen MR) is 69.9 cm³/mol. The molecule has 2 rings (SSSR count). The summed E-state index contributed by atoms with van der Waals surface area (Å²) in [6.07, 6.45) is 0. The van der Waals surface area contributed by atoms with Crippen molar-refractivity contribution in [1.29, 1.82) is 0 Å². The van der Waals surface area contributed by atoms with Crippen molar-refractivity contribution < 1.29 is 0 Å². The summed E-state index contributed by atoms with van der Waals surface area (Å²) in [5.74, 6) is 0.528. The second-order valence-electron chi connectivity index (χ2n) is 4.55. The number of aromatic nitrogens is 3. The van der Waals surface area contributed by atoms with Crippen LogP contribution >= 0.6 is 0 Å². The zero-order valence-electron chi connectivity index (χ0n) is 10.7. The molecule has 4 nitrogen and oxygen atoms in total. The maximum Gasteiger partial charge on any atom is 0.113 e. The number of benzene rings is 1. The lowest BCUT2D eigenvalue weighted by molar-refractivity contribution is 0.341. The summed E-state index contributed by atoms with van der Waals surface area (Å²) >= 11 is 0. The first kappa shape index (κ1) is 12.0. The molecule has 0 aliphatic heterocycles. The van der Waals surface area contributed by atoms with Crippen molar-refractivity contribution >= 4 is 11.0 Å². The van der Waals surface area contributed by atoms with E-state index in [-0.39, 0.29) is 0 Å². The molecule has 0 radical (unpaired) electrons. The molecule has 1 heterocycles. The minimum absolute atomic E-state index is 0.349. The molecule has 92 valence electrons. The lowest BCUT2D eigenvalue weighted by Gasteiger charge is -2.20. The van der Waals surface area contributed by atoms with Crippen LogP contribution in [0.5, 0.6) is 0 Å². The average molecular weight is 232 g/mol. The van der Waals surface area contributed by atoms with Gasteiger partial charge < -0.3 is 5.32 Å². The number of fused-ring (bicyclic) bond motifs is 1. The third kappa shape index (κ3) is 2.47. The molecular weight excluding hydrogens is 212 g/mol. The van der Waals surface area contributed by atoms with E-state index in [0.29, 0.717) is 12.0 Å². The number of nitrogens with one attached hydrogen (secondary N) is 1. The molecule has 4 heteroatoms. The number of rotatable bonds is 5. The molecule has 1 N–H and O–H groups in total. The zero-order chi connectivity index (χ0) is 12.3. The summed E-state index contributed by atoms with van der Waals surface area (Å²) in [6, 6.07) is 8.45. The van der Waals surface area contributed by atoms with Gasteiger partial charge in [0.2, 0.25) is 0 Å². The minimum Gasteiger partial charge on any atom is -0.317 e. The highest BCUT2D eigenvalue weighted by Gasteiger charge is 2.16. The molecule has 0 saturated heterocycles. The summed E-state index contributed by atoms with van der Waals surface area (Å²) in [5.41, 5.74) is 2.08. The molecule has 1 aromatic heterocycles. The van der Waals surface area contributed by atoms with E-state index in [0.717, 1.165) is 24.1 Å². The van der Waals surface area contributed by atoms with E-state index in [4.69, 9.17) is 0 Å². The van der Waals surface area contributed by atoms with Gasteiger partial charge in [0.25, 0.3) is 0 Å². The van der Waals surface area contributed by atoms with Gasteiger partial charge in [0.15, 0.2) is 0 Å². The van der Waals surface area contributed by atoms with Crippen LogP contribution in [0.4, 0.5) is 0 Å². The fourth-order valence-corrected chi connectivity index (χ4v) is 1.97. The maximum absolute atomic E-state index is 4.26. The summed E-state index contributed by atoms with van der Waals surface area (Å²) in [7, 11) is 0. The van der Waals surface area contributed by atoms with E-state index >= 15 is 0 Å². The fourth-order valence-electron chi connectivity index (χ4n) is 1.97. The molecule has 0 amide bonds. The number of para-hydroxylation sites is 1. The van der Waals surface area contributed by atoms with Crippen LogP contribution in [0, 0.1) is 5.92 Å². The Morgan fingerprint density at radius 1 is 1.29 bits per heavy atom. The van der Waals surface area contributed by atoms with Gasteiger partial charge in [-0.3, -0.25) is 0 Å². The van der Waals surface area contributed by atoms with Crippen LogP contribution in [0.15, 0.2) is 24.3 Å². The Morgan fingerprint density at radius 2 is 2.06 bits per heavy atom. The highest BCUT2D eigenvalue weighted by Crippen LogP contribution is 2.20. The van der Waals surface area contributed by atoms with Crippen molar-refractivity contribution in [2.75, 3.05) is 13.1 Å². The molecule has 0 fully saturated rings. The number of hydrogen-bond donors (Lipinski definition) is 1. The van der Waals surface area contributed by atoms with Crippen molar-refractivity contribution in [2.45, 2.75) is 26.8 Å². The standard InChI is InChI=1S/C13H20N4/c1-4-14-9-10(2)11(3)17-13-8-6-5-7-12(13)15-16-17/h5-8,10-11,14H,4,9H2,1-3H3. The van der Waals surface area contributed by atoms with Gasteiger partial charge >= 0.3 is 0 Å². The summed E-state index contributed by atoms with van der Waals surface area (Å²) in [6.45, 7) is 8.58. The topological polar surface area (TPSA) is 42.7 Å². The Morgan fingerprint density at radius 3 is 2.82 bits per heavy atom. The second kappa shape index (κ2) is 5.27. The molecular formula is C13H20N4. The molecule has 0 saturated carbocycles. The maximum atomic E-state index is 4.26. The van der Waals surface area contributed by atoms with Gasteiger partial charge in [-0.25, -0.2) is 4.68 Å². The van der Waals surface area contributed by atoms with Crippen molar-refractivity contribution in [1.82, 2.24) is 20.3 Å². The minimum atomic E-state index is 0.349. The Bertz CT molecular complexity index is 477. The monoisotopic (exact) mass is 232 g/mol. The highest BCUT2D eigenvalue weighted by molar-refractivity contribution is 5.73. The predicted octanol–water partition coefficient (Wildman–Crippen LogP) is 2.24. The summed E-state index contributed by atoms with van der Waals surface area (Å²) < 4.78 is 2.03. The van der Waals surface area contributed by atoms with Gasteiger partial charge in [0, 0.05) is 0 Å². The Balaban J connectivity index is 2.21. The van der Waals surface area contributed by atoms with Crippen LogP contribution in [0.25, 0.3) is 11.0 Å². The Labute approximate surface area is 102 Å². The van der Waals surface area contributed by atoms with Gasteiger partial charge in [-0.15, -0.1) is 5.10 Å². The molecule has 0 bridgehead atoms. The van der Waals surface area contributed by atoms with Crippen molar-refractivity contribution in [3.63, 3.8) is 0 Å². The van der Waals surface area contributed by atoms with Gasteiger partial charge in [-0.2, -0.15) is 0 Å². The van der Waals surface area contributed by atoms with Crippen molar-refractivity contribution in [3.05, 3.63) is 24.3 Å². The van der Waals surface area contributed by atoms with Gasteiger partial charge in [0.1, 0.15) is 5.52 Å². The third-order valence-electron chi connectivity index (χ3n) is 3.30. The molecule has 0 aliphatic carbocycles. The average Bonchev–Trinajstić information content (AvgIpc) is 2.78. The normalized spacial score (nSPS) is 15.0. The molecule has 0 spiro atoms. The van der Waals surface area contributed by atoms with Gasteiger partial charge in [-0.05, 0) is 38.1 Å². The summed E-state index contributed by atoms with van der Waals surface area (Å²) in [4.78, 5) is 0. The molecule has 17 heavy (non-hydrogen) atoms. The van der Waals surface area contributed by atoms with Crippen LogP contribution in [-0.4, -0.2) is 28.1 Å². The first-order chi connectivity index (χ1) is 8.24. The SMILES string of the molecule is CCNCC(C)C(C)n1nnc2ccccc21. The lowest BCUT2D eigenvalue weighted by atomic mass is 10.0. The quantitative estimate of drug-likeness (QED) is 0.859. The summed E-state index contributed by atoms with van der Waals surface area (Å²) in [5, 5.41) is 11.8. The van der Waals surface area contributed by atoms with E-state index in [1.54, 1.807) is 0 Å². The largest absolute Gasteiger partial charge is 0.317 e. The van der Waals surface area contributed by atoms with Crippen LogP contribution in [-0.2, 0) is 0 Å². The van der Waals surface area contributed by atoms with Crippen LogP contribution in [0.1, 0.15) is 26.8 Å². The van der Waals surface area contributed by atoms with Crippen molar-refractivity contribution in [2.24, 2.45) is 5.92 Å². The molecule has 0 aliphatic rings. The molecule has 1 aromatic carbocycles. The molecule has 2 aromatic rings. The Hall–Kier alpha value is -1.42. The first-order valence-electron chi connectivity index (χ1n) is 6.24. The number of hydrogen-bond acceptors (Lipinski definition) is 3. The van der Waals surface area contributed by atoms with Crippen LogP contribution < -0.4 is 5.32 Å². The highest BCUT2D eigenvalue weighted by atomic mass is 15.4.